The van der Waals surface area contributed by atoms with E-state index >= 15 is 0 Å². The molecule has 0 atom stereocenters. The molecule has 0 radical (unpaired) electrons. The lowest BCUT2D eigenvalue weighted by molar-refractivity contribution is 0.373. The van der Waals surface area contributed by atoms with Crippen LogP contribution in [0.25, 0.3) is 0 Å². The molecule has 1 aromatic rings. The van der Waals surface area contributed by atoms with Crippen LogP contribution in [0.2, 0.25) is 0 Å². The normalized spacial score (nSPS) is 10.6. The average Bonchev–Trinajstić information content (AvgIpc) is 1.96. The van der Waals surface area contributed by atoms with E-state index in [0.29, 0.717) is 14.7 Å². The highest BCUT2D eigenvalue weighted by atomic mass is 79.9. The summed E-state index contributed by atoms with van der Waals surface area (Å²) >= 11 is 9.74. The summed E-state index contributed by atoms with van der Waals surface area (Å²) < 4.78 is 6.94. The lowest BCUT2D eigenvalue weighted by Gasteiger charge is -2.09. The average molecular weight is 395 g/mol. The molecular weight excluding hydrogens is 391 g/mol. The van der Waals surface area contributed by atoms with Gasteiger partial charge in [-0.15, -0.1) is 0 Å². The Labute approximate surface area is 101 Å². The molecule has 0 heterocycles. The fourth-order valence-electron chi connectivity index (χ4n) is 0.698. The van der Waals surface area contributed by atoms with Crippen molar-refractivity contribution < 1.29 is 14.3 Å². The van der Waals surface area contributed by atoms with Crippen LogP contribution in [0.1, 0.15) is 0 Å². The Morgan fingerprint density at radius 1 is 1.08 bits per heavy atom. The van der Waals surface area contributed by atoms with E-state index < -0.39 is 8.60 Å². The molecule has 0 aliphatic carbocycles. The molecule has 3 nitrogen and oxygen atoms in total. The molecule has 0 aliphatic rings. The first-order chi connectivity index (χ1) is 6.00. The standard InChI is InChI=1S/C6H4Br3O3P/c7-3-1-4(8)6(5(9)2-3)12-13(10)11/h1-2,10-11H. The van der Waals surface area contributed by atoms with Crippen molar-refractivity contribution in [3.8, 4) is 5.75 Å². The zero-order valence-corrected chi connectivity index (χ0v) is 11.7. The monoisotopic (exact) mass is 392 g/mol. The lowest BCUT2D eigenvalue weighted by Crippen LogP contribution is -1.87. The summed E-state index contributed by atoms with van der Waals surface area (Å²) in [5.74, 6) is 0.374. The maximum absolute atomic E-state index is 8.67. The maximum atomic E-state index is 8.67. The number of hydrogen-bond donors (Lipinski definition) is 2. The van der Waals surface area contributed by atoms with Crippen molar-refractivity contribution in [3.05, 3.63) is 25.6 Å². The van der Waals surface area contributed by atoms with Gasteiger partial charge in [0.2, 0.25) is 0 Å². The summed E-state index contributed by atoms with van der Waals surface area (Å²) in [6, 6.07) is 3.50. The highest BCUT2D eigenvalue weighted by molar-refractivity contribution is 9.11. The van der Waals surface area contributed by atoms with Crippen molar-refractivity contribution in [1.29, 1.82) is 0 Å². The Morgan fingerprint density at radius 3 is 1.92 bits per heavy atom. The van der Waals surface area contributed by atoms with E-state index in [1.807, 2.05) is 0 Å². The van der Waals surface area contributed by atoms with Crippen LogP contribution in [-0.2, 0) is 0 Å². The second-order valence-electron chi connectivity index (χ2n) is 2.04. The number of halogens is 3. The predicted octanol–water partition coefficient (Wildman–Crippen LogP) is 3.56. The molecule has 0 amide bonds. The number of benzene rings is 1. The fraction of sp³-hybridized carbons (Fsp3) is 0. The summed E-state index contributed by atoms with van der Waals surface area (Å²) in [7, 11) is -2.39. The van der Waals surface area contributed by atoms with E-state index in [2.05, 4.69) is 47.8 Å². The van der Waals surface area contributed by atoms with Crippen LogP contribution in [0.3, 0.4) is 0 Å². The third-order valence-electron chi connectivity index (χ3n) is 1.14. The smallest absolute Gasteiger partial charge is 0.391 e. The van der Waals surface area contributed by atoms with Crippen molar-refractivity contribution in [2.45, 2.75) is 0 Å². The van der Waals surface area contributed by atoms with Gasteiger partial charge in [0.05, 0.1) is 8.95 Å². The van der Waals surface area contributed by atoms with Crippen LogP contribution in [-0.4, -0.2) is 9.79 Å². The largest absolute Gasteiger partial charge is 0.425 e. The van der Waals surface area contributed by atoms with Crippen molar-refractivity contribution in [2.75, 3.05) is 0 Å². The zero-order chi connectivity index (χ0) is 10.0. The summed E-state index contributed by atoms with van der Waals surface area (Å²) in [5.41, 5.74) is 0. The van der Waals surface area contributed by atoms with Crippen molar-refractivity contribution >= 4 is 56.4 Å². The van der Waals surface area contributed by atoms with Gasteiger partial charge in [0.1, 0.15) is 0 Å². The molecule has 72 valence electrons. The van der Waals surface area contributed by atoms with E-state index in [1.54, 1.807) is 12.1 Å². The zero-order valence-electron chi connectivity index (χ0n) is 6.04. The Morgan fingerprint density at radius 2 is 1.54 bits per heavy atom. The molecule has 0 fully saturated rings. The van der Waals surface area contributed by atoms with Crippen molar-refractivity contribution in [1.82, 2.24) is 0 Å². The fourth-order valence-corrected chi connectivity index (χ4v) is 3.73. The molecular formula is C6H4Br3O3P. The first-order valence-corrected chi connectivity index (χ1v) is 6.55. The van der Waals surface area contributed by atoms with Gasteiger partial charge in [0.15, 0.2) is 5.75 Å². The van der Waals surface area contributed by atoms with Gasteiger partial charge in [-0.3, -0.25) is 0 Å². The first-order valence-electron chi connectivity index (χ1n) is 3.01. The van der Waals surface area contributed by atoms with Crippen LogP contribution < -0.4 is 4.52 Å². The van der Waals surface area contributed by atoms with Crippen LogP contribution in [0.5, 0.6) is 5.75 Å². The second-order valence-corrected chi connectivity index (χ2v) is 5.35. The topological polar surface area (TPSA) is 49.7 Å². The van der Waals surface area contributed by atoms with E-state index in [-0.39, 0.29) is 0 Å². The Hall–Kier alpha value is 0.810. The predicted molar refractivity (Wildman–Crippen MR) is 61.5 cm³/mol. The molecule has 0 unspecified atom stereocenters. The van der Waals surface area contributed by atoms with Gasteiger partial charge in [-0.25, -0.2) is 0 Å². The van der Waals surface area contributed by atoms with Gasteiger partial charge in [0, 0.05) is 4.47 Å². The van der Waals surface area contributed by atoms with E-state index in [0.717, 1.165) is 4.47 Å². The third-order valence-corrected chi connectivity index (χ3v) is 3.12. The molecule has 7 heteroatoms. The highest BCUT2D eigenvalue weighted by Gasteiger charge is 2.11. The van der Waals surface area contributed by atoms with Crippen LogP contribution >= 0.6 is 56.4 Å². The van der Waals surface area contributed by atoms with Gasteiger partial charge < -0.3 is 14.3 Å². The summed E-state index contributed by atoms with van der Waals surface area (Å²) in [6.45, 7) is 0. The molecule has 1 aromatic carbocycles. The van der Waals surface area contributed by atoms with Crippen LogP contribution in [0.4, 0.5) is 0 Å². The Bertz CT molecular complexity index is 295. The van der Waals surface area contributed by atoms with Crippen molar-refractivity contribution in [2.24, 2.45) is 0 Å². The summed E-state index contributed by atoms with van der Waals surface area (Å²) in [4.78, 5) is 17.3. The molecule has 1 rings (SSSR count). The molecule has 2 N–H and O–H groups in total. The van der Waals surface area contributed by atoms with Gasteiger partial charge in [-0.1, -0.05) is 15.9 Å². The van der Waals surface area contributed by atoms with Gasteiger partial charge in [-0.05, 0) is 44.0 Å². The van der Waals surface area contributed by atoms with Crippen LogP contribution in [0.15, 0.2) is 25.6 Å². The minimum atomic E-state index is -2.39. The first kappa shape index (κ1) is 11.9. The highest BCUT2D eigenvalue weighted by Crippen LogP contribution is 2.41. The quantitative estimate of drug-likeness (QED) is 0.754. The molecule has 0 aliphatic heterocycles. The van der Waals surface area contributed by atoms with Crippen molar-refractivity contribution in [3.63, 3.8) is 0 Å². The maximum Gasteiger partial charge on any atom is 0.391 e. The SMILES string of the molecule is OP(O)Oc1c(Br)cc(Br)cc1Br. The summed E-state index contributed by atoms with van der Waals surface area (Å²) in [6.07, 6.45) is 0. The molecule has 0 saturated heterocycles. The molecule has 0 saturated carbocycles. The molecule has 0 aromatic heterocycles. The molecule has 0 bridgehead atoms. The van der Waals surface area contributed by atoms with Crippen LogP contribution in [0, 0.1) is 0 Å². The van der Waals surface area contributed by atoms with E-state index in [4.69, 9.17) is 14.3 Å². The molecule has 0 spiro atoms. The Balaban J connectivity index is 3.06. The van der Waals surface area contributed by atoms with E-state index in [1.165, 1.54) is 0 Å². The molecule has 13 heavy (non-hydrogen) atoms. The van der Waals surface area contributed by atoms with Gasteiger partial charge >= 0.3 is 8.60 Å². The lowest BCUT2D eigenvalue weighted by atomic mass is 10.3. The number of rotatable bonds is 2. The van der Waals surface area contributed by atoms with Gasteiger partial charge in [-0.2, -0.15) is 0 Å². The Kier molecular flexibility index (Phi) is 4.62. The summed E-state index contributed by atoms with van der Waals surface area (Å²) in [5, 5.41) is 0. The third kappa shape index (κ3) is 3.46. The number of hydrogen-bond acceptors (Lipinski definition) is 3. The minimum absolute atomic E-state index is 0.374. The minimum Gasteiger partial charge on any atom is -0.425 e. The van der Waals surface area contributed by atoms with Gasteiger partial charge in [0.25, 0.3) is 0 Å². The second kappa shape index (κ2) is 5.05. The van der Waals surface area contributed by atoms with E-state index in [9.17, 15) is 0 Å².